The van der Waals surface area contributed by atoms with Crippen LogP contribution in [-0.4, -0.2) is 14.5 Å². The van der Waals surface area contributed by atoms with Crippen LogP contribution < -0.4 is 0 Å². The lowest BCUT2D eigenvalue weighted by molar-refractivity contribution is 0.418. The molecule has 5 heteroatoms. The molecule has 0 aliphatic rings. The summed E-state index contributed by atoms with van der Waals surface area (Å²) in [6.07, 6.45) is 4.13. The zero-order valence-corrected chi connectivity index (χ0v) is 13.0. The predicted molar refractivity (Wildman–Crippen MR) is 78.9 cm³/mol. The van der Waals surface area contributed by atoms with E-state index in [2.05, 4.69) is 44.3 Å². The second-order valence-corrected chi connectivity index (χ2v) is 5.63. The molecule has 0 bridgehead atoms. The molecule has 3 nitrogen and oxygen atoms in total. The summed E-state index contributed by atoms with van der Waals surface area (Å²) in [5, 5.41) is 0. The maximum atomic E-state index is 5.99. The first kappa shape index (κ1) is 13.8. The van der Waals surface area contributed by atoms with Crippen LogP contribution in [0.25, 0.3) is 11.2 Å². The van der Waals surface area contributed by atoms with Gasteiger partial charge in [0, 0.05) is 17.2 Å². The van der Waals surface area contributed by atoms with Gasteiger partial charge in [0.2, 0.25) is 0 Å². The topological polar surface area (TPSA) is 30.7 Å². The van der Waals surface area contributed by atoms with Gasteiger partial charge in [-0.3, -0.25) is 0 Å². The smallest absolute Gasteiger partial charge is 0.160 e. The Balaban J connectivity index is 2.46. The van der Waals surface area contributed by atoms with Crippen molar-refractivity contribution in [2.75, 3.05) is 0 Å². The van der Waals surface area contributed by atoms with Gasteiger partial charge in [0.1, 0.15) is 11.3 Å². The first-order valence-electron chi connectivity index (χ1n) is 6.26. The molecular formula is C13H17BrClN3. The number of halogens is 2. The lowest BCUT2D eigenvalue weighted by Gasteiger charge is -2.15. The molecule has 0 unspecified atom stereocenters. The Hall–Kier alpha value is -0.610. The van der Waals surface area contributed by atoms with Crippen LogP contribution in [0.2, 0.25) is 0 Å². The molecule has 2 aromatic heterocycles. The van der Waals surface area contributed by atoms with E-state index in [-0.39, 0.29) is 0 Å². The number of fused-ring (bicyclic) bond motifs is 1. The Bertz CT molecular complexity index is 534. The van der Waals surface area contributed by atoms with Gasteiger partial charge in [-0.2, -0.15) is 0 Å². The molecule has 0 aliphatic carbocycles. The fourth-order valence-corrected chi connectivity index (χ4v) is 2.66. The summed E-state index contributed by atoms with van der Waals surface area (Å²) in [4.78, 5) is 9.02. The normalized spacial score (nSPS) is 11.6. The summed E-state index contributed by atoms with van der Waals surface area (Å²) in [6.45, 7) is 5.38. The van der Waals surface area contributed by atoms with Crippen molar-refractivity contribution in [3.05, 3.63) is 22.6 Å². The SMILES string of the molecule is CCC(CC)Cn1c(CCl)nc2cc(Br)cnc21. The van der Waals surface area contributed by atoms with Crippen molar-refractivity contribution in [3.63, 3.8) is 0 Å². The summed E-state index contributed by atoms with van der Waals surface area (Å²) < 4.78 is 3.11. The minimum Gasteiger partial charge on any atom is -0.311 e. The van der Waals surface area contributed by atoms with Gasteiger partial charge in [0.05, 0.1) is 5.88 Å². The van der Waals surface area contributed by atoms with Crippen molar-refractivity contribution in [2.24, 2.45) is 5.92 Å². The third-order valence-corrected chi connectivity index (χ3v) is 4.02. The lowest BCUT2D eigenvalue weighted by Crippen LogP contribution is -2.12. The number of alkyl halides is 1. The minimum atomic E-state index is 0.425. The number of nitrogens with zero attached hydrogens (tertiary/aromatic N) is 3. The zero-order chi connectivity index (χ0) is 13.1. The highest BCUT2D eigenvalue weighted by molar-refractivity contribution is 9.10. The first-order valence-corrected chi connectivity index (χ1v) is 7.58. The number of rotatable bonds is 5. The lowest BCUT2D eigenvalue weighted by atomic mass is 10.0. The Morgan fingerprint density at radius 2 is 2.11 bits per heavy atom. The van der Waals surface area contributed by atoms with E-state index < -0.39 is 0 Å². The predicted octanol–water partition coefficient (Wildman–Crippen LogP) is 4.37. The highest BCUT2D eigenvalue weighted by Crippen LogP contribution is 2.22. The van der Waals surface area contributed by atoms with E-state index in [1.54, 1.807) is 0 Å². The van der Waals surface area contributed by atoms with Gasteiger partial charge in [-0.15, -0.1) is 11.6 Å². The van der Waals surface area contributed by atoms with Crippen LogP contribution in [0.3, 0.4) is 0 Å². The number of pyridine rings is 1. The zero-order valence-electron chi connectivity index (χ0n) is 10.7. The van der Waals surface area contributed by atoms with Crippen LogP contribution >= 0.6 is 27.5 Å². The summed E-state index contributed by atoms with van der Waals surface area (Å²) in [6, 6.07) is 1.99. The number of aromatic nitrogens is 3. The van der Waals surface area contributed by atoms with E-state index in [0.29, 0.717) is 11.8 Å². The third-order valence-electron chi connectivity index (χ3n) is 3.35. The van der Waals surface area contributed by atoms with Crippen molar-refractivity contribution in [3.8, 4) is 0 Å². The van der Waals surface area contributed by atoms with Crippen LogP contribution in [-0.2, 0) is 12.4 Å². The molecule has 0 amide bonds. The molecule has 0 aliphatic heterocycles. The van der Waals surface area contributed by atoms with Gasteiger partial charge in [0.25, 0.3) is 0 Å². The Kier molecular flexibility index (Phi) is 4.62. The summed E-state index contributed by atoms with van der Waals surface area (Å²) >= 11 is 9.41. The van der Waals surface area contributed by atoms with Gasteiger partial charge in [-0.05, 0) is 27.9 Å². The van der Waals surface area contributed by atoms with E-state index >= 15 is 0 Å². The van der Waals surface area contributed by atoms with Crippen LogP contribution in [0, 0.1) is 5.92 Å². The molecule has 18 heavy (non-hydrogen) atoms. The number of hydrogen-bond acceptors (Lipinski definition) is 2. The highest BCUT2D eigenvalue weighted by atomic mass is 79.9. The number of imidazole rings is 1. The quantitative estimate of drug-likeness (QED) is 0.762. The highest BCUT2D eigenvalue weighted by Gasteiger charge is 2.14. The minimum absolute atomic E-state index is 0.425. The van der Waals surface area contributed by atoms with E-state index in [1.807, 2.05) is 12.3 Å². The van der Waals surface area contributed by atoms with Gasteiger partial charge < -0.3 is 4.57 Å². The largest absolute Gasteiger partial charge is 0.311 e. The van der Waals surface area contributed by atoms with E-state index in [4.69, 9.17) is 11.6 Å². The third kappa shape index (κ3) is 2.69. The molecule has 0 atom stereocenters. The Labute approximate surface area is 121 Å². The maximum Gasteiger partial charge on any atom is 0.160 e. The van der Waals surface area contributed by atoms with Crippen molar-refractivity contribution in [2.45, 2.75) is 39.1 Å². The van der Waals surface area contributed by atoms with E-state index in [1.165, 1.54) is 0 Å². The molecule has 0 N–H and O–H groups in total. The average molecular weight is 331 g/mol. The van der Waals surface area contributed by atoms with E-state index in [0.717, 1.165) is 40.8 Å². The fourth-order valence-electron chi connectivity index (χ4n) is 2.13. The van der Waals surface area contributed by atoms with Crippen molar-refractivity contribution >= 4 is 38.7 Å². The maximum absolute atomic E-state index is 5.99. The van der Waals surface area contributed by atoms with Gasteiger partial charge in [-0.25, -0.2) is 9.97 Å². The molecule has 2 rings (SSSR count). The molecule has 0 saturated carbocycles. The Morgan fingerprint density at radius 3 is 2.72 bits per heavy atom. The summed E-state index contributed by atoms with van der Waals surface area (Å²) in [5.41, 5.74) is 1.84. The Morgan fingerprint density at radius 1 is 1.39 bits per heavy atom. The van der Waals surface area contributed by atoms with Crippen LogP contribution in [0.5, 0.6) is 0 Å². The first-order chi connectivity index (χ1) is 8.69. The van der Waals surface area contributed by atoms with Gasteiger partial charge >= 0.3 is 0 Å². The molecular weight excluding hydrogens is 314 g/mol. The fraction of sp³-hybridized carbons (Fsp3) is 0.538. The molecule has 2 aromatic rings. The van der Waals surface area contributed by atoms with E-state index in [9.17, 15) is 0 Å². The molecule has 0 saturated heterocycles. The molecule has 0 radical (unpaired) electrons. The molecule has 0 spiro atoms. The average Bonchev–Trinajstić information content (AvgIpc) is 2.72. The molecule has 98 valence electrons. The standard InChI is InChI=1S/C13H17BrClN3/c1-3-9(4-2)8-18-12(6-15)17-11-5-10(14)7-16-13(11)18/h5,7,9H,3-4,6,8H2,1-2H3. The van der Waals surface area contributed by atoms with Crippen LogP contribution in [0.1, 0.15) is 32.5 Å². The van der Waals surface area contributed by atoms with Gasteiger partial charge in [0.15, 0.2) is 5.65 Å². The van der Waals surface area contributed by atoms with Crippen molar-refractivity contribution in [1.29, 1.82) is 0 Å². The summed E-state index contributed by atoms with van der Waals surface area (Å²) in [7, 11) is 0. The number of hydrogen-bond donors (Lipinski definition) is 0. The summed E-state index contributed by atoms with van der Waals surface area (Å²) in [5.74, 6) is 1.98. The van der Waals surface area contributed by atoms with Crippen LogP contribution in [0.15, 0.2) is 16.7 Å². The van der Waals surface area contributed by atoms with Crippen molar-refractivity contribution in [1.82, 2.24) is 14.5 Å². The molecule has 2 heterocycles. The monoisotopic (exact) mass is 329 g/mol. The van der Waals surface area contributed by atoms with Crippen LogP contribution in [0.4, 0.5) is 0 Å². The molecule has 0 aromatic carbocycles. The van der Waals surface area contributed by atoms with Gasteiger partial charge in [-0.1, -0.05) is 26.7 Å². The second-order valence-electron chi connectivity index (χ2n) is 4.45. The second kappa shape index (κ2) is 6.02. The molecule has 0 fully saturated rings. The van der Waals surface area contributed by atoms with Crippen molar-refractivity contribution < 1.29 is 0 Å².